The van der Waals surface area contributed by atoms with Gasteiger partial charge in [0.2, 0.25) is 0 Å². The number of carbonyl (C=O) groups excluding carboxylic acids is 1. The standard InChI is InChI=1S/C17H22N2O/c1-12-6-8-17(11-18,9-7-12)19-16(20)15-5-4-13(2)10-14(15)3/h4-5,10,12H,6-9H2,1-3H3,(H,19,20). The molecule has 20 heavy (non-hydrogen) atoms. The molecule has 0 aliphatic heterocycles. The molecule has 0 bridgehead atoms. The third kappa shape index (κ3) is 3.01. The maximum absolute atomic E-state index is 12.4. The van der Waals surface area contributed by atoms with Gasteiger partial charge in [0.05, 0.1) is 6.07 Å². The highest BCUT2D eigenvalue weighted by atomic mass is 16.1. The van der Waals surface area contributed by atoms with Gasteiger partial charge in [0, 0.05) is 5.56 Å². The van der Waals surface area contributed by atoms with Gasteiger partial charge < -0.3 is 5.32 Å². The van der Waals surface area contributed by atoms with E-state index in [9.17, 15) is 10.1 Å². The first-order chi connectivity index (χ1) is 9.46. The highest BCUT2D eigenvalue weighted by Gasteiger charge is 2.36. The third-order valence-corrected chi connectivity index (χ3v) is 4.32. The van der Waals surface area contributed by atoms with Crippen molar-refractivity contribution in [3.8, 4) is 6.07 Å². The van der Waals surface area contributed by atoms with Crippen molar-refractivity contribution in [3.63, 3.8) is 0 Å². The Bertz CT molecular complexity index is 549. The van der Waals surface area contributed by atoms with E-state index >= 15 is 0 Å². The zero-order chi connectivity index (χ0) is 14.8. The summed E-state index contributed by atoms with van der Waals surface area (Å²) in [4.78, 5) is 12.4. The van der Waals surface area contributed by atoms with E-state index in [2.05, 4.69) is 18.3 Å². The number of aryl methyl sites for hydroxylation is 2. The van der Waals surface area contributed by atoms with Crippen LogP contribution >= 0.6 is 0 Å². The lowest BCUT2D eigenvalue weighted by Gasteiger charge is -2.34. The first-order valence-corrected chi connectivity index (χ1v) is 7.27. The molecule has 1 aliphatic rings. The first kappa shape index (κ1) is 14.6. The fourth-order valence-corrected chi connectivity index (χ4v) is 2.87. The largest absolute Gasteiger partial charge is 0.334 e. The first-order valence-electron chi connectivity index (χ1n) is 7.27. The average molecular weight is 270 g/mol. The van der Waals surface area contributed by atoms with Crippen molar-refractivity contribution in [1.29, 1.82) is 5.26 Å². The topological polar surface area (TPSA) is 52.9 Å². The second-order valence-electron chi connectivity index (χ2n) is 6.15. The van der Waals surface area contributed by atoms with Crippen LogP contribution in [0.25, 0.3) is 0 Å². The predicted octanol–water partition coefficient (Wildman–Crippen LogP) is 3.51. The Morgan fingerprint density at radius 3 is 2.55 bits per heavy atom. The zero-order valence-corrected chi connectivity index (χ0v) is 12.5. The van der Waals surface area contributed by atoms with E-state index in [0.29, 0.717) is 11.5 Å². The molecule has 106 valence electrons. The van der Waals surface area contributed by atoms with E-state index < -0.39 is 5.54 Å². The van der Waals surface area contributed by atoms with E-state index in [1.807, 2.05) is 32.0 Å². The Balaban J connectivity index is 2.16. The van der Waals surface area contributed by atoms with Crippen LogP contribution in [0.1, 0.15) is 54.1 Å². The van der Waals surface area contributed by atoms with E-state index in [-0.39, 0.29) is 5.91 Å². The van der Waals surface area contributed by atoms with Crippen molar-refractivity contribution in [1.82, 2.24) is 5.32 Å². The molecule has 0 atom stereocenters. The van der Waals surface area contributed by atoms with Crippen molar-refractivity contribution >= 4 is 5.91 Å². The van der Waals surface area contributed by atoms with Crippen molar-refractivity contribution in [3.05, 3.63) is 34.9 Å². The molecule has 1 fully saturated rings. The lowest BCUT2D eigenvalue weighted by atomic mass is 9.78. The van der Waals surface area contributed by atoms with Crippen molar-refractivity contribution in [2.75, 3.05) is 0 Å². The number of hydrogen-bond acceptors (Lipinski definition) is 2. The number of nitriles is 1. The number of nitrogens with one attached hydrogen (secondary N) is 1. The van der Waals surface area contributed by atoms with Gasteiger partial charge in [-0.05, 0) is 57.1 Å². The molecule has 0 spiro atoms. The molecule has 1 aliphatic carbocycles. The summed E-state index contributed by atoms with van der Waals surface area (Å²) in [5.41, 5.74) is 2.09. The van der Waals surface area contributed by atoms with Gasteiger partial charge in [-0.3, -0.25) is 4.79 Å². The minimum absolute atomic E-state index is 0.126. The van der Waals surface area contributed by atoms with Crippen LogP contribution in [0.4, 0.5) is 0 Å². The lowest BCUT2D eigenvalue weighted by molar-refractivity contribution is 0.0893. The molecule has 0 unspecified atom stereocenters. The molecule has 1 saturated carbocycles. The summed E-state index contributed by atoms with van der Waals surface area (Å²) in [6.07, 6.45) is 3.50. The molecular formula is C17H22N2O. The van der Waals surface area contributed by atoms with Gasteiger partial charge in [-0.25, -0.2) is 0 Å². The second kappa shape index (κ2) is 5.66. The SMILES string of the molecule is Cc1ccc(C(=O)NC2(C#N)CCC(C)CC2)c(C)c1. The zero-order valence-electron chi connectivity index (χ0n) is 12.5. The Hall–Kier alpha value is -1.82. The van der Waals surface area contributed by atoms with E-state index in [4.69, 9.17) is 0 Å². The molecule has 1 N–H and O–H groups in total. The summed E-state index contributed by atoms with van der Waals surface area (Å²) in [6, 6.07) is 8.11. The van der Waals surface area contributed by atoms with Crippen LogP contribution in [-0.4, -0.2) is 11.4 Å². The number of benzene rings is 1. The number of carbonyl (C=O) groups is 1. The van der Waals surface area contributed by atoms with Gasteiger partial charge in [0.1, 0.15) is 5.54 Å². The lowest BCUT2D eigenvalue weighted by Crippen LogP contribution is -2.49. The molecule has 0 saturated heterocycles. The number of rotatable bonds is 2. The van der Waals surface area contributed by atoms with Crippen LogP contribution < -0.4 is 5.32 Å². The minimum atomic E-state index is -0.680. The maximum atomic E-state index is 12.4. The maximum Gasteiger partial charge on any atom is 0.252 e. The fraction of sp³-hybridized carbons (Fsp3) is 0.529. The molecule has 1 amide bonds. The van der Waals surface area contributed by atoms with Crippen LogP contribution in [0, 0.1) is 31.1 Å². The van der Waals surface area contributed by atoms with Crippen LogP contribution in [0.2, 0.25) is 0 Å². The Kier molecular flexibility index (Phi) is 4.13. The van der Waals surface area contributed by atoms with Gasteiger partial charge in [0.25, 0.3) is 5.91 Å². The summed E-state index contributed by atoms with van der Waals surface area (Å²) in [7, 11) is 0. The number of nitrogens with zero attached hydrogens (tertiary/aromatic N) is 1. The van der Waals surface area contributed by atoms with Gasteiger partial charge in [-0.1, -0.05) is 24.6 Å². The van der Waals surface area contributed by atoms with Crippen molar-refractivity contribution < 1.29 is 4.79 Å². The molecule has 1 aromatic carbocycles. The van der Waals surface area contributed by atoms with E-state index in [1.165, 1.54) is 0 Å². The van der Waals surface area contributed by atoms with Gasteiger partial charge >= 0.3 is 0 Å². The number of amides is 1. The molecule has 0 radical (unpaired) electrons. The highest BCUT2D eigenvalue weighted by molar-refractivity contribution is 5.96. The third-order valence-electron chi connectivity index (χ3n) is 4.32. The Labute approximate surface area is 121 Å². The predicted molar refractivity (Wildman–Crippen MR) is 79.4 cm³/mol. The fourth-order valence-electron chi connectivity index (χ4n) is 2.87. The van der Waals surface area contributed by atoms with Crippen molar-refractivity contribution in [2.45, 2.75) is 52.0 Å². The molecule has 3 nitrogen and oxygen atoms in total. The number of hydrogen-bond donors (Lipinski definition) is 1. The summed E-state index contributed by atoms with van der Waals surface area (Å²) < 4.78 is 0. The minimum Gasteiger partial charge on any atom is -0.334 e. The van der Waals surface area contributed by atoms with Crippen LogP contribution in [0.5, 0.6) is 0 Å². The smallest absolute Gasteiger partial charge is 0.252 e. The molecule has 3 heteroatoms. The molecule has 2 rings (SSSR count). The van der Waals surface area contributed by atoms with Gasteiger partial charge in [-0.15, -0.1) is 0 Å². The normalized spacial score (nSPS) is 25.8. The summed E-state index contributed by atoms with van der Waals surface area (Å²) in [6.45, 7) is 6.14. The molecule has 0 aromatic heterocycles. The quantitative estimate of drug-likeness (QED) is 0.894. The van der Waals surface area contributed by atoms with Crippen LogP contribution in [0.3, 0.4) is 0 Å². The average Bonchev–Trinajstić information content (AvgIpc) is 2.41. The molecule has 1 aromatic rings. The molecular weight excluding hydrogens is 248 g/mol. The molecule has 0 heterocycles. The summed E-state index contributed by atoms with van der Waals surface area (Å²) >= 11 is 0. The van der Waals surface area contributed by atoms with E-state index in [0.717, 1.165) is 36.8 Å². The highest BCUT2D eigenvalue weighted by Crippen LogP contribution is 2.31. The van der Waals surface area contributed by atoms with Gasteiger partial charge in [-0.2, -0.15) is 5.26 Å². The monoisotopic (exact) mass is 270 g/mol. The Morgan fingerprint density at radius 1 is 1.35 bits per heavy atom. The van der Waals surface area contributed by atoms with Gasteiger partial charge in [0.15, 0.2) is 0 Å². The van der Waals surface area contributed by atoms with Crippen LogP contribution in [-0.2, 0) is 0 Å². The van der Waals surface area contributed by atoms with Crippen LogP contribution in [0.15, 0.2) is 18.2 Å². The Morgan fingerprint density at radius 2 is 2.00 bits per heavy atom. The second-order valence-corrected chi connectivity index (χ2v) is 6.15. The summed E-state index contributed by atoms with van der Waals surface area (Å²) in [5.74, 6) is 0.521. The summed E-state index contributed by atoms with van der Waals surface area (Å²) in [5, 5.41) is 12.5. The van der Waals surface area contributed by atoms with Crippen molar-refractivity contribution in [2.24, 2.45) is 5.92 Å². The van der Waals surface area contributed by atoms with E-state index in [1.54, 1.807) is 0 Å².